The molecular weight excluding hydrogens is 376 g/mol. The summed E-state index contributed by atoms with van der Waals surface area (Å²) in [4.78, 5) is 12.8. The van der Waals surface area contributed by atoms with Crippen LogP contribution in [0.3, 0.4) is 0 Å². The van der Waals surface area contributed by atoms with E-state index in [0.717, 1.165) is 36.5 Å². The molecule has 0 atom stereocenters. The molecule has 5 aromatic rings. The van der Waals surface area contributed by atoms with Crippen LogP contribution in [0.25, 0.3) is 33.0 Å². The van der Waals surface area contributed by atoms with Gasteiger partial charge in [-0.2, -0.15) is 0 Å². The van der Waals surface area contributed by atoms with Gasteiger partial charge in [-0.1, -0.05) is 36.4 Å². The normalized spacial score (nSPS) is 11.8. The zero-order valence-electron chi connectivity index (χ0n) is 17.0. The van der Waals surface area contributed by atoms with Gasteiger partial charge in [-0.05, 0) is 19.1 Å². The highest BCUT2D eigenvalue weighted by Gasteiger charge is 2.09. The molecule has 0 fully saturated rings. The van der Waals surface area contributed by atoms with Crippen LogP contribution in [0.15, 0.2) is 61.2 Å². The molecule has 0 amide bonds. The zero-order chi connectivity index (χ0) is 20.3. The predicted octanol–water partition coefficient (Wildman–Crippen LogP) is 3.51. The third-order valence-electron chi connectivity index (χ3n) is 5.43. The fourth-order valence-electron chi connectivity index (χ4n) is 3.96. The van der Waals surface area contributed by atoms with Crippen molar-refractivity contribution in [3.63, 3.8) is 0 Å². The second-order valence-electron chi connectivity index (χ2n) is 7.32. The first kappa shape index (κ1) is 18.7. The lowest BCUT2D eigenvalue weighted by Crippen LogP contribution is -2.24. The molecule has 0 spiro atoms. The van der Waals surface area contributed by atoms with Crippen molar-refractivity contribution < 1.29 is 4.74 Å². The summed E-state index contributed by atoms with van der Waals surface area (Å²) in [5.74, 6) is 0. The highest BCUT2D eigenvalue weighted by Crippen LogP contribution is 2.28. The first-order valence-corrected chi connectivity index (χ1v) is 10.2. The van der Waals surface area contributed by atoms with Gasteiger partial charge in [0, 0.05) is 41.4 Å². The lowest BCUT2D eigenvalue weighted by molar-refractivity contribution is 0.0811. The Bertz CT molecular complexity index is 1250. The Morgan fingerprint density at radius 1 is 0.900 bits per heavy atom. The van der Waals surface area contributed by atoms with Gasteiger partial charge in [0.1, 0.15) is 18.6 Å². The number of fused-ring (bicyclic) bond motifs is 4. The van der Waals surface area contributed by atoms with Crippen molar-refractivity contribution in [3.8, 4) is 0 Å². The Morgan fingerprint density at radius 2 is 1.63 bits per heavy atom. The number of aromatic nitrogens is 5. The molecule has 152 valence electrons. The van der Waals surface area contributed by atoms with Gasteiger partial charge in [0.15, 0.2) is 5.65 Å². The number of aryl methyl sites for hydroxylation is 1. The summed E-state index contributed by atoms with van der Waals surface area (Å²) in [5, 5.41) is 6.10. The van der Waals surface area contributed by atoms with Gasteiger partial charge in [-0.15, -0.1) is 0 Å². The van der Waals surface area contributed by atoms with E-state index in [1.54, 1.807) is 12.7 Å². The highest BCUT2D eigenvalue weighted by atomic mass is 16.5. The Labute approximate surface area is 174 Å². The maximum atomic E-state index is 5.80. The minimum Gasteiger partial charge on any atom is -0.359 e. The fraction of sp³-hybridized carbons (Fsp3) is 0.261. The molecule has 0 unspecified atom stereocenters. The van der Waals surface area contributed by atoms with E-state index < -0.39 is 0 Å². The largest absolute Gasteiger partial charge is 0.359 e. The number of hydrogen-bond donors (Lipinski definition) is 1. The smallest absolute Gasteiger partial charge is 0.165 e. The van der Waals surface area contributed by atoms with E-state index in [0.29, 0.717) is 13.3 Å². The Hall–Kier alpha value is -3.29. The molecule has 3 aromatic heterocycles. The summed E-state index contributed by atoms with van der Waals surface area (Å²) in [7, 11) is 0. The van der Waals surface area contributed by atoms with Gasteiger partial charge >= 0.3 is 0 Å². The number of nitrogens with one attached hydrogen (secondary N) is 1. The van der Waals surface area contributed by atoms with E-state index in [4.69, 9.17) is 4.74 Å². The van der Waals surface area contributed by atoms with Crippen LogP contribution in [0.1, 0.15) is 5.69 Å². The molecule has 2 aromatic carbocycles. The number of benzene rings is 2. The lowest BCUT2D eigenvalue weighted by Gasteiger charge is -2.10. The fourth-order valence-corrected chi connectivity index (χ4v) is 3.96. The first-order chi connectivity index (χ1) is 14.8. The van der Waals surface area contributed by atoms with Crippen LogP contribution in [0, 0.1) is 6.92 Å². The third-order valence-corrected chi connectivity index (χ3v) is 5.43. The monoisotopic (exact) mass is 400 g/mol. The number of rotatable bonds is 8. The summed E-state index contributed by atoms with van der Waals surface area (Å²) >= 11 is 0. The summed E-state index contributed by atoms with van der Waals surface area (Å²) in [6.45, 7) is 5.57. The van der Waals surface area contributed by atoms with Crippen molar-refractivity contribution in [2.75, 3.05) is 19.7 Å². The SMILES string of the molecule is Cc1ncnc2c1ncn2COCCNCCn1c2ccccc2c2ccccc21. The number of para-hydroxylation sites is 2. The zero-order valence-corrected chi connectivity index (χ0v) is 17.0. The number of imidazole rings is 1. The maximum absolute atomic E-state index is 5.80. The molecule has 1 N–H and O–H groups in total. The van der Waals surface area contributed by atoms with Crippen molar-refractivity contribution >= 4 is 33.0 Å². The molecule has 30 heavy (non-hydrogen) atoms. The Morgan fingerprint density at radius 3 is 2.40 bits per heavy atom. The van der Waals surface area contributed by atoms with Crippen LogP contribution < -0.4 is 5.32 Å². The van der Waals surface area contributed by atoms with E-state index in [-0.39, 0.29) is 0 Å². The molecule has 0 saturated heterocycles. The summed E-state index contributed by atoms with van der Waals surface area (Å²) in [6, 6.07) is 17.2. The second-order valence-corrected chi connectivity index (χ2v) is 7.32. The standard InChI is InChI=1S/C23H24N6O/c1-17-22-23(26-14-25-17)28(15-27-22)16-30-13-11-24-10-12-29-20-8-4-2-6-18(20)19-7-3-5-9-21(19)29/h2-9,14-15,24H,10-13,16H2,1H3. The van der Waals surface area contributed by atoms with Gasteiger partial charge in [-0.25, -0.2) is 15.0 Å². The Balaban J connectivity index is 1.14. The minimum absolute atomic E-state index is 0.432. The van der Waals surface area contributed by atoms with E-state index in [2.05, 4.69) is 73.4 Å². The average Bonchev–Trinajstić information content (AvgIpc) is 3.34. The summed E-state index contributed by atoms with van der Waals surface area (Å²) < 4.78 is 10.1. The molecule has 0 aliphatic rings. The van der Waals surface area contributed by atoms with Crippen LogP contribution in [0.4, 0.5) is 0 Å². The number of nitrogens with zero attached hydrogens (tertiary/aromatic N) is 5. The second kappa shape index (κ2) is 8.22. The molecule has 0 bridgehead atoms. The Kier molecular flexibility index (Phi) is 5.13. The molecule has 7 heteroatoms. The average molecular weight is 400 g/mol. The van der Waals surface area contributed by atoms with Crippen molar-refractivity contribution in [2.24, 2.45) is 0 Å². The minimum atomic E-state index is 0.432. The molecule has 0 saturated carbocycles. The van der Waals surface area contributed by atoms with Crippen LogP contribution in [-0.2, 0) is 18.0 Å². The topological polar surface area (TPSA) is 69.8 Å². The van der Waals surface area contributed by atoms with Crippen molar-refractivity contribution in [2.45, 2.75) is 20.2 Å². The van der Waals surface area contributed by atoms with Crippen molar-refractivity contribution in [1.82, 2.24) is 29.4 Å². The van der Waals surface area contributed by atoms with E-state index in [9.17, 15) is 0 Å². The molecule has 0 aliphatic carbocycles. The van der Waals surface area contributed by atoms with Crippen LogP contribution >= 0.6 is 0 Å². The van der Waals surface area contributed by atoms with Gasteiger partial charge < -0.3 is 14.6 Å². The summed E-state index contributed by atoms with van der Waals surface area (Å²) in [5.41, 5.74) is 5.07. The lowest BCUT2D eigenvalue weighted by atomic mass is 10.2. The van der Waals surface area contributed by atoms with Gasteiger partial charge in [0.2, 0.25) is 0 Å². The first-order valence-electron chi connectivity index (χ1n) is 10.2. The highest BCUT2D eigenvalue weighted by molar-refractivity contribution is 6.07. The third kappa shape index (κ3) is 3.42. The predicted molar refractivity (Wildman–Crippen MR) is 118 cm³/mol. The molecule has 0 radical (unpaired) electrons. The molecule has 7 nitrogen and oxygen atoms in total. The van der Waals surface area contributed by atoms with E-state index >= 15 is 0 Å². The van der Waals surface area contributed by atoms with Gasteiger partial charge in [-0.3, -0.25) is 4.57 Å². The van der Waals surface area contributed by atoms with Crippen LogP contribution in [0.5, 0.6) is 0 Å². The molecular formula is C23H24N6O. The van der Waals surface area contributed by atoms with E-state index in [1.807, 2.05) is 11.5 Å². The maximum Gasteiger partial charge on any atom is 0.165 e. The van der Waals surface area contributed by atoms with Crippen molar-refractivity contribution in [1.29, 1.82) is 0 Å². The summed E-state index contributed by atoms with van der Waals surface area (Å²) in [6.07, 6.45) is 3.31. The van der Waals surface area contributed by atoms with Crippen LogP contribution in [0.2, 0.25) is 0 Å². The number of hydrogen-bond acceptors (Lipinski definition) is 5. The number of ether oxygens (including phenoxy) is 1. The van der Waals surface area contributed by atoms with Crippen LogP contribution in [-0.4, -0.2) is 43.8 Å². The molecule has 0 aliphatic heterocycles. The van der Waals surface area contributed by atoms with Gasteiger partial charge in [0.05, 0.1) is 18.6 Å². The molecule has 5 rings (SSSR count). The molecule has 3 heterocycles. The van der Waals surface area contributed by atoms with Crippen molar-refractivity contribution in [3.05, 3.63) is 66.9 Å². The quantitative estimate of drug-likeness (QED) is 0.404. The van der Waals surface area contributed by atoms with Gasteiger partial charge in [0.25, 0.3) is 0 Å². The van der Waals surface area contributed by atoms with E-state index in [1.165, 1.54) is 21.8 Å².